The van der Waals surface area contributed by atoms with E-state index in [4.69, 9.17) is 4.74 Å². The van der Waals surface area contributed by atoms with Crippen LogP contribution in [0.25, 0.3) is 0 Å². The van der Waals surface area contributed by atoms with Crippen LogP contribution in [0.3, 0.4) is 0 Å². The van der Waals surface area contributed by atoms with Gasteiger partial charge < -0.3 is 4.74 Å². The molecule has 0 fully saturated rings. The number of carbonyl (C=O) groups is 1. The molecule has 0 spiro atoms. The van der Waals surface area contributed by atoms with E-state index < -0.39 is 0 Å². The van der Waals surface area contributed by atoms with Gasteiger partial charge in [0.15, 0.2) is 0 Å². The second-order valence-corrected chi connectivity index (χ2v) is 6.24. The highest BCUT2D eigenvalue weighted by Gasteiger charge is 2.17. The Hall–Kier alpha value is -0.530. The quantitative estimate of drug-likeness (QED) is 0.263. The van der Waals surface area contributed by atoms with Crippen molar-refractivity contribution >= 4 is 5.97 Å². The van der Waals surface area contributed by atoms with Gasteiger partial charge in [0.1, 0.15) is 0 Å². The first-order valence-corrected chi connectivity index (χ1v) is 9.42. The maximum Gasteiger partial charge on any atom is 0.308 e. The molecule has 0 aromatic carbocycles. The smallest absolute Gasteiger partial charge is 0.308 e. The van der Waals surface area contributed by atoms with Gasteiger partial charge in [-0.3, -0.25) is 4.79 Å². The maximum atomic E-state index is 12.0. The van der Waals surface area contributed by atoms with Crippen molar-refractivity contribution in [1.29, 1.82) is 0 Å². The molecular weight excluding hydrogens is 260 g/mol. The summed E-state index contributed by atoms with van der Waals surface area (Å²) < 4.78 is 5.41. The molecule has 0 N–H and O–H groups in total. The summed E-state index contributed by atoms with van der Waals surface area (Å²) in [6, 6.07) is 0. The molecule has 0 saturated carbocycles. The third-order valence-corrected chi connectivity index (χ3v) is 4.22. The van der Waals surface area contributed by atoms with Gasteiger partial charge in [-0.05, 0) is 19.3 Å². The molecule has 126 valence electrons. The third-order valence-electron chi connectivity index (χ3n) is 4.22. The summed E-state index contributed by atoms with van der Waals surface area (Å²) >= 11 is 0. The fraction of sp³-hybridized carbons (Fsp3) is 0.947. The zero-order valence-electron chi connectivity index (χ0n) is 14.8. The lowest BCUT2D eigenvalue weighted by Crippen LogP contribution is -2.17. The summed E-state index contributed by atoms with van der Waals surface area (Å²) in [7, 11) is 0. The minimum absolute atomic E-state index is 0.0416. The molecule has 21 heavy (non-hydrogen) atoms. The summed E-state index contributed by atoms with van der Waals surface area (Å²) in [5.41, 5.74) is 0. The summed E-state index contributed by atoms with van der Waals surface area (Å²) in [4.78, 5) is 12.0. The fourth-order valence-corrected chi connectivity index (χ4v) is 2.66. The Morgan fingerprint density at radius 2 is 1.29 bits per heavy atom. The zero-order chi connectivity index (χ0) is 15.8. The molecular formula is C19H38O2. The van der Waals surface area contributed by atoms with E-state index in [0.717, 1.165) is 19.3 Å². The number of esters is 1. The highest BCUT2D eigenvalue weighted by Crippen LogP contribution is 2.17. The Kier molecular flexibility index (Phi) is 15.5. The van der Waals surface area contributed by atoms with Crippen molar-refractivity contribution in [1.82, 2.24) is 0 Å². The van der Waals surface area contributed by atoms with E-state index >= 15 is 0 Å². The third kappa shape index (κ3) is 12.9. The molecule has 0 radical (unpaired) electrons. The molecule has 0 aromatic heterocycles. The molecule has 0 rings (SSSR count). The van der Waals surface area contributed by atoms with Gasteiger partial charge in [0.25, 0.3) is 0 Å². The van der Waals surface area contributed by atoms with E-state index in [0.29, 0.717) is 6.61 Å². The average molecular weight is 299 g/mol. The van der Waals surface area contributed by atoms with Crippen LogP contribution in [0.1, 0.15) is 104 Å². The van der Waals surface area contributed by atoms with Gasteiger partial charge in [-0.15, -0.1) is 0 Å². The van der Waals surface area contributed by atoms with Gasteiger partial charge in [-0.2, -0.15) is 0 Å². The lowest BCUT2D eigenvalue weighted by atomic mass is 9.98. The second kappa shape index (κ2) is 15.9. The standard InChI is InChI=1S/C19H38O2/c1-4-7-9-11-12-13-14-16-18(6-3)19(20)21-17-15-10-8-5-2/h18H,4-17H2,1-3H3. The van der Waals surface area contributed by atoms with Gasteiger partial charge in [0.2, 0.25) is 0 Å². The van der Waals surface area contributed by atoms with Crippen LogP contribution in [-0.4, -0.2) is 12.6 Å². The topological polar surface area (TPSA) is 26.3 Å². The number of ether oxygens (including phenoxy) is 1. The molecule has 2 nitrogen and oxygen atoms in total. The van der Waals surface area contributed by atoms with E-state index in [9.17, 15) is 4.79 Å². The molecule has 1 atom stereocenters. The van der Waals surface area contributed by atoms with Crippen LogP contribution in [0.2, 0.25) is 0 Å². The maximum absolute atomic E-state index is 12.0. The van der Waals surface area contributed by atoms with Crippen molar-refractivity contribution < 1.29 is 9.53 Å². The predicted octanol–water partition coefficient (Wildman–Crippen LogP) is 6.28. The highest BCUT2D eigenvalue weighted by molar-refractivity contribution is 5.72. The molecule has 0 aliphatic carbocycles. The van der Waals surface area contributed by atoms with Crippen LogP contribution in [-0.2, 0) is 9.53 Å². The number of carbonyl (C=O) groups excluding carboxylic acids is 1. The summed E-state index contributed by atoms with van der Waals surface area (Å²) in [6.07, 6.45) is 15.8. The van der Waals surface area contributed by atoms with Crippen molar-refractivity contribution in [3.8, 4) is 0 Å². The first-order valence-electron chi connectivity index (χ1n) is 9.42. The molecule has 1 unspecified atom stereocenters. The van der Waals surface area contributed by atoms with E-state index in [1.54, 1.807) is 0 Å². The SMILES string of the molecule is CCCCCCCCCC(CC)C(=O)OCCCCCC. The largest absolute Gasteiger partial charge is 0.465 e. The van der Waals surface area contributed by atoms with Gasteiger partial charge in [-0.1, -0.05) is 85.0 Å². The monoisotopic (exact) mass is 298 g/mol. The molecule has 2 heteroatoms. The minimum Gasteiger partial charge on any atom is -0.465 e. The Morgan fingerprint density at radius 3 is 1.86 bits per heavy atom. The van der Waals surface area contributed by atoms with Crippen LogP contribution < -0.4 is 0 Å². The fourth-order valence-electron chi connectivity index (χ4n) is 2.66. The molecule has 0 amide bonds. The Balaban J connectivity index is 3.56. The number of rotatable bonds is 15. The lowest BCUT2D eigenvalue weighted by Gasteiger charge is -2.14. The zero-order valence-corrected chi connectivity index (χ0v) is 14.8. The first kappa shape index (κ1) is 20.5. The van der Waals surface area contributed by atoms with Crippen molar-refractivity contribution in [2.24, 2.45) is 5.92 Å². The van der Waals surface area contributed by atoms with E-state index in [-0.39, 0.29) is 11.9 Å². The number of unbranched alkanes of at least 4 members (excludes halogenated alkanes) is 9. The Bertz CT molecular complexity index is 226. The molecule has 0 saturated heterocycles. The van der Waals surface area contributed by atoms with Crippen LogP contribution in [0.5, 0.6) is 0 Å². The summed E-state index contributed by atoms with van der Waals surface area (Å²) in [5.74, 6) is 0.173. The predicted molar refractivity (Wildman–Crippen MR) is 91.5 cm³/mol. The van der Waals surface area contributed by atoms with Crippen LogP contribution in [0.15, 0.2) is 0 Å². The first-order chi connectivity index (χ1) is 10.3. The molecule has 0 aliphatic rings. The minimum atomic E-state index is 0.0416. The van der Waals surface area contributed by atoms with Gasteiger partial charge in [-0.25, -0.2) is 0 Å². The van der Waals surface area contributed by atoms with Crippen molar-refractivity contribution in [3.05, 3.63) is 0 Å². The van der Waals surface area contributed by atoms with Gasteiger partial charge in [0, 0.05) is 0 Å². The average Bonchev–Trinajstić information content (AvgIpc) is 2.49. The van der Waals surface area contributed by atoms with Crippen molar-refractivity contribution in [3.63, 3.8) is 0 Å². The molecule has 0 aliphatic heterocycles. The van der Waals surface area contributed by atoms with E-state index in [2.05, 4.69) is 20.8 Å². The highest BCUT2D eigenvalue weighted by atomic mass is 16.5. The van der Waals surface area contributed by atoms with Crippen LogP contribution in [0.4, 0.5) is 0 Å². The van der Waals surface area contributed by atoms with Crippen molar-refractivity contribution in [2.75, 3.05) is 6.61 Å². The van der Waals surface area contributed by atoms with Gasteiger partial charge in [0.05, 0.1) is 12.5 Å². The summed E-state index contributed by atoms with van der Waals surface area (Å²) in [6.45, 7) is 7.16. The normalized spacial score (nSPS) is 12.3. The van der Waals surface area contributed by atoms with Crippen LogP contribution >= 0.6 is 0 Å². The van der Waals surface area contributed by atoms with Crippen molar-refractivity contribution in [2.45, 2.75) is 104 Å². The molecule has 0 bridgehead atoms. The second-order valence-electron chi connectivity index (χ2n) is 6.24. The van der Waals surface area contributed by atoms with Crippen LogP contribution in [0, 0.1) is 5.92 Å². The molecule has 0 aromatic rings. The Morgan fingerprint density at radius 1 is 0.762 bits per heavy atom. The summed E-state index contributed by atoms with van der Waals surface area (Å²) in [5, 5.41) is 0. The number of hydrogen-bond donors (Lipinski definition) is 0. The van der Waals surface area contributed by atoms with Gasteiger partial charge >= 0.3 is 5.97 Å². The van der Waals surface area contributed by atoms with E-state index in [1.165, 1.54) is 64.2 Å². The number of hydrogen-bond acceptors (Lipinski definition) is 2. The molecule has 0 heterocycles. The lowest BCUT2D eigenvalue weighted by molar-refractivity contribution is -0.149. The Labute approximate surface area is 133 Å². The van der Waals surface area contributed by atoms with E-state index in [1.807, 2.05) is 0 Å².